The second-order valence-electron chi connectivity index (χ2n) is 7.11. The van der Waals surface area contributed by atoms with E-state index in [0.717, 1.165) is 10.9 Å². The molecule has 0 spiro atoms. The molecule has 3 heterocycles. The fourth-order valence-corrected chi connectivity index (χ4v) is 6.23. The van der Waals surface area contributed by atoms with Crippen molar-refractivity contribution in [2.24, 2.45) is 0 Å². The Hall–Kier alpha value is -2.39. The van der Waals surface area contributed by atoms with Gasteiger partial charge in [-0.2, -0.15) is 0 Å². The largest absolute Gasteiger partial charge is 0.461 e. The standard InChI is InChI=1S/C20H21N3O4S2/c1-13(20(24)23(2)14-9-11-29(25,26)12-14)28-19-15-6-3-4-7-16(15)21-18(22-19)17-8-5-10-27-17/h3-8,10,13-14H,9,11-12H2,1-2H3. The summed E-state index contributed by atoms with van der Waals surface area (Å²) >= 11 is 1.35. The van der Waals surface area contributed by atoms with E-state index in [1.54, 1.807) is 30.3 Å². The van der Waals surface area contributed by atoms with Crippen LogP contribution in [0.25, 0.3) is 22.5 Å². The number of para-hydroxylation sites is 1. The molecule has 2 aromatic heterocycles. The molecule has 1 aromatic carbocycles. The number of rotatable bonds is 5. The number of furan rings is 1. The van der Waals surface area contributed by atoms with E-state index in [1.165, 1.54) is 11.8 Å². The summed E-state index contributed by atoms with van der Waals surface area (Å²) in [6, 6.07) is 10.9. The predicted molar refractivity (Wildman–Crippen MR) is 112 cm³/mol. The number of nitrogens with zero attached hydrogens (tertiary/aromatic N) is 3. The van der Waals surface area contributed by atoms with Crippen molar-refractivity contribution in [1.29, 1.82) is 0 Å². The molecule has 7 nitrogen and oxygen atoms in total. The zero-order valence-corrected chi connectivity index (χ0v) is 17.7. The number of sulfone groups is 1. The second kappa shape index (κ2) is 7.79. The molecular formula is C20H21N3O4S2. The average Bonchev–Trinajstić information content (AvgIpc) is 3.36. The van der Waals surface area contributed by atoms with Gasteiger partial charge in [-0.3, -0.25) is 4.79 Å². The first-order valence-electron chi connectivity index (χ1n) is 9.28. The van der Waals surface area contributed by atoms with E-state index < -0.39 is 15.1 Å². The smallest absolute Gasteiger partial charge is 0.235 e. The molecule has 1 saturated heterocycles. The number of hydrogen-bond acceptors (Lipinski definition) is 7. The quantitative estimate of drug-likeness (QED) is 0.453. The van der Waals surface area contributed by atoms with Crippen LogP contribution in [0.1, 0.15) is 13.3 Å². The topological polar surface area (TPSA) is 93.4 Å². The Kier molecular flexibility index (Phi) is 5.35. The van der Waals surface area contributed by atoms with Gasteiger partial charge in [0.25, 0.3) is 0 Å². The molecular weight excluding hydrogens is 410 g/mol. The van der Waals surface area contributed by atoms with Crippen LogP contribution in [0.4, 0.5) is 0 Å². The maximum atomic E-state index is 12.9. The van der Waals surface area contributed by atoms with Gasteiger partial charge in [-0.25, -0.2) is 18.4 Å². The van der Waals surface area contributed by atoms with Crippen LogP contribution in [0.2, 0.25) is 0 Å². The summed E-state index contributed by atoms with van der Waals surface area (Å²) in [4.78, 5) is 23.7. The highest BCUT2D eigenvalue weighted by atomic mass is 32.2. The van der Waals surface area contributed by atoms with Gasteiger partial charge in [0.1, 0.15) is 5.03 Å². The fourth-order valence-electron chi connectivity index (χ4n) is 3.42. The summed E-state index contributed by atoms with van der Waals surface area (Å²) in [6.45, 7) is 1.82. The van der Waals surface area contributed by atoms with Gasteiger partial charge in [-0.15, -0.1) is 0 Å². The first-order chi connectivity index (χ1) is 13.8. The number of amides is 1. The summed E-state index contributed by atoms with van der Waals surface area (Å²) in [6.07, 6.45) is 2.05. The van der Waals surface area contributed by atoms with E-state index in [-0.39, 0.29) is 23.5 Å². The minimum atomic E-state index is -3.05. The Morgan fingerprint density at radius 3 is 2.72 bits per heavy atom. The lowest BCUT2D eigenvalue weighted by Crippen LogP contribution is -2.41. The van der Waals surface area contributed by atoms with E-state index in [0.29, 0.717) is 23.0 Å². The molecule has 2 atom stereocenters. The molecule has 29 heavy (non-hydrogen) atoms. The lowest BCUT2D eigenvalue weighted by Gasteiger charge is -2.26. The minimum absolute atomic E-state index is 0.0334. The molecule has 0 saturated carbocycles. The number of carbonyl (C=O) groups is 1. The number of thioether (sulfide) groups is 1. The maximum Gasteiger partial charge on any atom is 0.235 e. The van der Waals surface area contributed by atoms with Gasteiger partial charge in [-0.1, -0.05) is 30.0 Å². The van der Waals surface area contributed by atoms with Gasteiger partial charge in [0.05, 0.1) is 28.5 Å². The Morgan fingerprint density at radius 1 is 1.24 bits per heavy atom. The normalized spacial score (nSPS) is 19.3. The van der Waals surface area contributed by atoms with E-state index >= 15 is 0 Å². The SMILES string of the molecule is CC(Sc1nc(-c2ccco2)nc2ccccc12)C(=O)N(C)C1CCS(=O)(=O)C1. The maximum absolute atomic E-state index is 12.9. The lowest BCUT2D eigenvalue weighted by molar-refractivity contribution is -0.130. The van der Waals surface area contributed by atoms with Gasteiger partial charge in [0.2, 0.25) is 5.91 Å². The highest BCUT2D eigenvalue weighted by Crippen LogP contribution is 2.32. The monoisotopic (exact) mass is 431 g/mol. The van der Waals surface area contributed by atoms with Crippen molar-refractivity contribution in [3.05, 3.63) is 42.7 Å². The van der Waals surface area contributed by atoms with Gasteiger partial charge in [0, 0.05) is 18.5 Å². The van der Waals surface area contributed by atoms with Crippen LogP contribution in [0.3, 0.4) is 0 Å². The van der Waals surface area contributed by atoms with Crippen LogP contribution in [-0.2, 0) is 14.6 Å². The molecule has 4 rings (SSSR count). The average molecular weight is 432 g/mol. The van der Waals surface area contributed by atoms with Crippen LogP contribution >= 0.6 is 11.8 Å². The first-order valence-corrected chi connectivity index (χ1v) is 12.0. The molecule has 0 bridgehead atoms. The van der Waals surface area contributed by atoms with Crippen molar-refractivity contribution in [2.75, 3.05) is 18.6 Å². The molecule has 0 N–H and O–H groups in total. The van der Waals surface area contributed by atoms with Crippen LogP contribution in [0, 0.1) is 0 Å². The molecule has 1 aliphatic rings. The molecule has 3 aromatic rings. The molecule has 1 fully saturated rings. The third kappa shape index (κ3) is 4.16. The number of carbonyl (C=O) groups excluding carboxylic acids is 1. The molecule has 0 radical (unpaired) electrons. The molecule has 152 valence electrons. The van der Waals surface area contributed by atoms with E-state index in [2.05, 4.69) is 9.97 Å². The molecule has 1 amide bonds. The lowest BCUT2D eigenvalue weighted by atomic mass is 10.2. The van der Waals surface area contributed by atoms with Crippen molar-refractivity contribution in [3.8, 4) is 11.6 Å². The summed E-state index contributed by atoms with van der Waals surface area (Å²) in [7, 11) is -1.37. The van der Waals surface area contributed by atoms with E-state index in [9.17, 15) is 13.2 Å². The number of benzene rings is 1. The Morgan fingerprint density at radius 2 is 2.03 bits per heavy atom. The minimum Gasteiger partial charge on any atom is -0.461 e. The molecule has 2 unspecified atom stereocenters. The van der Waals surface area contributed by atoms with E-state index in [4.69, 9.17) is 4.42 Å². The summed E-state index contributed by atoms with van der Waals surface area (Å²) in [5, 5.41) is 1.12. The molecule has 1 aliphatic heterocycles. The zero-order chi connectivity index (χ0) is 20.6. The van der Waals surface area contributed by atoms with Crippen LogP contribution in [-0.4, -0.2) is 59.0 Å². The Balaban J connectivity index is 1.60. The zero-order valence-electron chi connectivity index (χ0n) is 16.1. The predicted octanol–water partition coefficient (Wildman–Crippen LogP) is 3.02. The van der Waals surface area contributed by atoms with Crippen molar-refractivity contribution >= 4 is 38.4 Å². The van der Waals surface area contributed by atoms with Crippen molar-refractivity contribution < 1.29 is 17.6 Å². The van der Waals surface area contributed by atoms with Crippen LogP contribution < -0.4 is 0 Å². The van der Waals surface area contributed by atoms with Crippen molar-refractivity contribution in [1.82, 2.24) is 14.9 Å². The summed E-state index contributed by atoms with van der Waals surface area (Å²) in [5.41, 5.74) is 0.770. The van der Waals surface area contributed by atoms with Gasteiger partial charge in [0.15, 0.2) is 21.4 Å². The van der Waals surface area contributed by atoms with E-state index in [1.807, 2.05) is 31.2 Å². The van der Waals surface area contributed by atoms with Gasteiger partial charge in [-0.05, 0) is 31.5 Å². The fraction of sp³-hybridized carbons (Fsp3) is 0.350. The first kappa shape index (κ1) is 19.9. The third-order valence-corrected chi connectivity index (χ3v) is 7.89. The Bertz CT molecular complexity index is 1150. The Labute approximate surface area is 173 Å². The van der Waals surface area contributed by atoms with Crippen LogP contribution in [0.15, 0.2) is 52.1 Å². The summed E-state index contributed by atoms with van der Waals surface area (Å²) < 4.78 is 28.9. The van der Waals surface area contributed by atoms with Gasteiger partial charge >= 0.3 is 0 Å². The molecule has 0 aliphatic carbocycles. The summed E-state index contributed by atoms with van der Waals surface area (Å²) in [5.74, 6) is 1.08. The number of fused-ring (bicyclic) bond motifs is 1. The van der Waals surface area contributed by atoms with Crippen LogP contribution in [0.5, 0.6) is 0 Å². The number of aromatic nitrogens is 2. The highest BCUT2D eigenvalue weighted by Gasteiger charge is 2.34. The van der Waals surface area contributed by atoms with Gasteiger partial charge < -0.3 is 9.32 Å². The molecule has 9 heteroatoms. The highest BCUT2D eigenvalue weighted by molar-refractivity contribution is 8.00. The van der Waals surface area contributed by atoms with Crippen molar-refractivity contribution in [3.63, 3.8) is 0 Å². The number of hydrogen-bond donors (Lipinski definition) is 0. The third-order valence-electron chi connectivity index (χ3n) is 5.05. The van der Waals surface area contributed by atoms with Crippen molar-refractivity contribution in [2.45, 2.75) is 29.7 Å². The second-order valence-corrected chi connectivity index (χ2v) is 10.7.